The van der Waals surface area contributed by atoms with Gasteiger partial charge in [0.05, 0.1) is 11.5 Å². The second-order valence-electron chi connectivity index (χ2n) is 6.69. The van der Waals surface area contributed by atoms with Gasteiger partial charge in [-0.25, -0.2) is 8.42 Å². The number of hydrogen-bond donors (Lipinski definition) is 2. The highest BCUT2D eigenvalue weighted by molar-refractivity contribution is 7.72. The Kier molecular flexibility index (Phi) is 4.39. The Morgan fingerprint density at radius 1 is 1.26 bits per heavy atom. The zero-order valence-corrected chi connectivity index (χ0v) is 15.5. The van der Waals surface area contributed by atoms with Crippen LogP contribution in [0.5, 0.6) is 11.5 Å². The van der Waals surface area contributed by atoms with Crippen LogP contribution in [-0.2, 0) is 22.5 Å². The van der Waals surface area contributed by atoms with Crippen molar-refractivity contribution in [2.45, 2.75) is 17.7 Å². The average Bonchev–Trinajstić information content (AvgIpc) is 3.47. The third-order valence-corrected chi connectivity index (χ3v) is 5.28. The number of anilines is 1. The van der Waals surface area contributed by atoms with E-state index in [1.807, 2.05) is 0 Å². The van der Waals surface area contributed by atoms with Gasteiger partial charge < -0.3 is 19.4 Å². The van der Waals surface area contributed by atoms with Crippen LogP contribution in [0, 0.1) is 5.92 Å². The Morgan fingerprint density at radius 2 is 2.04 bits per heavy atom. The van der Waals surface area contributed by atoms with Gasteiger partial charge in [0.15, 0.2) is 28.7 Å². The molecule has 27 heavy (non-hydrogen) atoms. The molecule has 2 heterocycles. The van der Waals surface area contributed by atoms with Crippen molar-refractivity contribution in [1.29, 1.82) is 0 Å². The highest BCUT2D eigenvalue weighted by atomic mass is 32.2. The van der Waals surface area contributed by atoms with Crippen LogP contribution in [0.25, 0.3) is 11.1 Å². The molecule has 1 aliphatic heterocycles. The topological polar surface area (TPSA) is 104 Å². The Balaban J connectivity index is 1.89. The van der Waals surface area contributed by atoms with Gasteiger partial charge in [-0.2, -0.15) is 0 Å². The van der Waals surface area contributed by atoms with Gasteiger partial charge in [-0.15, -0.1) is 0 Å². The maximum Gasteiger partial charge on any atom is 0.277 e. The van der Waals surface area contributed by atoms with E-state index in [-0.39, 0.29) is 22.9 Å². The highest BCUT2D eigenvalue weighted by Gasteiger charge is 2.27. The van der Waals surface area contributed by atoms with E-state index in [0.29, 0.717) is 29.4 Å². The monoisotopic (exact) mass is 390 g/mol. The molecule has 1 aromatic carbocycles. The van der Waals surface area contributed by atoms with Crippen molar-refractivity contribution in [3.8, 4) is 22.6 Å². The standard InChI is InChI=1S/C18H18N2O6S/c1-20-7-13(17-16(18(20)22)19-15(21)9-26-17)12-6-11(27(23)24)4-5-14(12)25-8-10-2-3-10/h4-7,10,27H,2-3,8-9H2,1H3,(H,19,21). The Bertz CT molecular complexity index is 1060. The van der Waals surface area contributed by atoms with Crippen LogP contribution >= 0.6 is 0 Å². The third-order valence-electron chi connectivity index (χ3n) is 4.58. The van der Waals surface area contributed by atoms with E-state index in [1.54, 1.807) is 19.3 Å². The molecule has 0 spiro atoms. The van der Waals surface area contributed by atoms with Crippen LogP contribution in [0.15, 0.2) is 34.1 Å². The number of nitrogens with one attached hydrogen (secondary N) is 1. The lowest BCUT2D eigenvalue weighted by Crippen LogP contribution is -2.32. The fourth-order valence-electron chi connectivity index (χ4n) is 2.94. The minimum absolute atomic E-state index is 0.0382. The number of rotatable bonds is 5. The molecule has 4 rings (SSSR count). The predicted octanol–water partition coefficient (Wildman–Crippen LogP) is 1.14. The lowest BCUT2D eigenvalue weighted by atomic mass is 10.0. The van der Waals surface area contributed by atoms with Gasteiger partial charge in [0, 0.05) is 24.4 Å². The van der Waals surface area contributed by atoms with Crippen molar-refractivity contribution in [2.24, 2.45) is 13.0 Å². The number of aromatic nitrogens is 1. The number of nitrogens with zero attached hydrogens (tertiary/aromatic N) is 1. The summed E-state index contributed by atoms with van der Waals surface area (Å²) >= 11 is 0. The summed E-state index contributed by atoms with van der Waals surface area (Å²) in [6.45, 7) is 0.322. The summed E-state index contributed by atoms with van der Waals surface area (Å²) in [6, 6.07) is 4.58. The molecular formula is C18H18N2O6S. The Labute approximate surface area is 156 Å². The molecule has 1 amide bonds. The number of carbonyl (C=O) groups is 1. The summed E-state index contributed by atoms with van der Waals surface area (Å²) in [5.41, 5.74) is 0.608. The average molecular weight is 390 g/mol. The summed E-state index contributed by atoms with van der Waals surface area (Å²) in [4.78, 5) is 24.1. The summed E-state index contributed by atoms with van der Waals surface area (Å²) < 4.78 is 35.7. The van der Waals surface area contributed by atoms with E-state index in [9.17, 15) is 18.0 Å². The van der Waals surface area contributed by atoms with Gasteiger partial charge in [0.25, 0.3) is 11.5 Å². The molecular weight excluding hydrogens is 372 g/mol. The molecule has 1 saturated carbocycles. The SMILES string of the molecule is Cn1cc(-c2cc([SH](=O)=O)ccc2OCC2CC2)c2c(c1=O)NC(=O)CO2. The molecule has 0 bridgehead atoms. The summed E-state index contributed by atoms with van der Waals surface area (Å²) in [5.74, 6) is 0.813. The molecule has 0 unspecified atom stereocenters. The van der Waals surface area contributed by atoms with Crippen LogP contribution in [0.1, 0.15) is 12.8 Å². The summed E-state index contributed by atoms with van der Waals surface area (Å²) in [5, 5.41) is 2.54. The number of hydrogen-bond acceptors (Lipinski definition) is 6. The molecule has 1 fully saturated rings. The Hall–Kier alpha value is -2.81. The van der Waals surface area contributed by atoms with E-state index in [4.69, 9.17) is 9.47 Å². The van der Waals surface area contributed by atoms with E-state index >= 15 is 0 Å². The zero-order chi connectivity index (χ0) is 19.1. The number of fused-ring (bicyclic) bond motifs is 1. The molecule has 1 aliphatic carbocycles. The second kappa shape index (κ2) is 6.73. The van der Waals surface area contributed by atoms with Crippen molar-refractivity contribution in [3.63, 3.8) is 0 Å². The van der Waals surface area contributed by atoms with Crippen molar-refractivity contribution >= 4 is 22.3 Å². The first-order chi connectivity index (χ1) is 12.9. The number of ether oxygens (including phenoxy) is 2. The lowest BCUT2D eigenvalue weighted by molar-refractivity contribution is -0.118. The molecule has 1 aromatic heterocycles. The normalized spacial score (nSPS) is 15.9. The predicted molar refractivity (Wildman–Crippen MR) is 98.0 cm³/mol. The molecule has 0 saturated heterocycles. The molecule has 8 nitrogen and oxygen atoms in total. The Morgan fingerprint density at radius 3 is 2.74 bits per heavy atom. The minimum atomic E-state index is -2.79. The molecule has 1 N–H and O–H groups in total. The molecule has 0 radical (unpaired) electrons. The van der Waals surface area contributed by atoms with E-state index in [2.05, 4.69) is 5.32 Å². The number of thiol groups is 1. The van der Waals surface area contributed by atoms with E-state index in [0.717, 1.165) is 12.8 Å². The largest absolute Gasteiger partial charge is 0.493 e. The van der Waals surface area contributed by atoms with Gasteiger partial charge in [-0.3, -0.25) is 9.59 Å². The first-order valence-corrected chi connectivity index (χ1v) is 9.69. The molecule has 9 heteroatoms. The fourth-order valence-corrected chi connectivity index (χ4v) is 3.38. The van der Waals surface area contributed by atoms with Crippen LogP contribution in [0.2, 0.25) is 0 Å². The van der Waals surface area contributed by atoms with Gasteiger partial charge in [-0.1, -0.05) is 0 Å². The van der Waals surface area contributed by atoms with E-state index < -0.39 is 22.2 Å². The van der Waals surface area contributed by atoms with Crippen LogP contribution in [0.3, 0.4) is 0 Å². The second-order valence-corrected chi connectivity index (χ2v) is 7.72. The van der Waals surface area contributed by atoms with Gasteiger partial charge in [-0.05, 0) is 37.0 Å². The fraction of sp³-hybridized carbons (Fsp3) is 0.333. The van der Waals surface area contributed by atoms with E-state index in [1.165, 1.54) is 16.7 Å². The maximum absolute atomic E-state index is 12.4. The van der Waals surface area contributed by atoms with Crippen LogP contribution < -0.4 is 20.3 Å². The smallest absolute Gasteiger partial charge is 0.277 e. The first kappa shape index (κ1) is 17.6. The van der Waals surface area contributed by atoms with Gasteiger partial charge in [0.1, 0.15) is 5.75 Å². The van der Waals surface area contributed by atoms with Gasteiger partial charge in [0.2, 0.25) is 0 Å². The van der Waals surface area contributed by atoms with Crippen molar-refractivity contribution < 1.29 is 22.7 Å². The molecule has 142 valence electrons. The number of amides is 1. The number of carbonyl (C=O) groups excluding carboxylic acids is 1. The summed E-state index contributed by atoms with van der Waals surface area (Å²) in [7, 11) is -1.24. The molecule has 2 aliphatic rings. The van der Waals surface area contributed by atoms with Crippen molar-refractivity contribution in [1.82, 2.24) is 4.57 Å². The van der Waals surface area contributed by atoms with Crippen molar-refractivity contribution in [3.05, 3.63) is 34.7 Å². The number of pyridine rings is 1. The summed E-state index contributed by atoms with van der Waals surface area (Å²) in [6.07, 6.45) is 3.79. The van der Waals surface area contributed by atoms with Crippen LogP contribution in [0.4, 0.5) is 5.69 Å². The zero-order valence-electron chi connectivity index (χ0n) is 14.6. The first-order valence-electron chi connectivity index (χ1n) is 8.52. The quantitative estimate of drug-likeness (QED) is 0.742. The number of benzene rings is 1. The van der Waals surface area contributed by atoms with Crippen molar-refractivity contribution in [2.75, 3.05) is 18.5 Å². The lowest BCUT2D eigenvalue weighted by Gasteiger charge is -2.22. The molecule has 0 atom stereocenters. The molecule has 2 aromatic rings. The number of aryl methyl sites for hydroxylation is 1. The minimum Gasteiger partial charge on any atom is -0.493 e. The third kappa shape index (κ3) is 3.42. The van der Waals surface area contributed by atoms with Gasteiger partial charge >= 0.3 is 0 Å². The van der Waals surface area contributed by atoms with Crippen LogP contribution in [-0.4, -0.2) is 32.1 Å². The highest BCUT2D eigenvalue weighted by Crippen LogP contribution is 2.41. The maximum atomic E-state index is 12.4.